The molecule has 0 aliphatic rings. The fourth-order valence-corrected chi connectivity index (χ4v) is 4.66. The normalized spacial score (nSPS) is 10.9. The van der Waals surface area contributed by atoms with Crippen molar-refractivity contribution in [1.29, 1.82) is 0 Å². The molecule has 1 amide bonds. The van der Waals surface area contributed by atoms with Crippen LogP contribution in [-0.2, 0) is 17.8 Å². The number of aromatic nitrogens is 3. The number of carbonyl (C=O) groups excluding carboxylic acids is 1. The third kappa shape index (κ3) is 7.07. The van der Waals surface area contributed by atoms with Crippen LogP contribution < -0.4 is 5.32 Å². The van der Waals surface area contributed by atoms with Crippen LogP contribution in [0.15, 0.2) is 78.0 Å². The molecule has 0 bridgehead atoms. The van der Waals surface area contributed by atoms with E-state index in [1.807, 2.05) is 41.0 Å². The van der Waals surface area contributed by atoms with E-state index in [1.54, 1.807) is 24.3 Å². The quantitative estimate of drug-likeness (QED) is 0.188. The van der Waals surface area contributed by atoms with E-state index in [0.29, 0.717) is 41.6 Å². The van der Waals surface area contributed by atoms with Crippen LogP contribution in [0.3, 0.4) is 0 Å². The van der Waals surface area contributed by atoms with Crippen LogP contribution in [0.5, 0.6) is 0 Å². The van der Waals surface area contributed by atoms with E-state index in [4.69, 9.17) is 23.2 Å². The van der Waals surface area contributed by atoms with Gasteiger partial charge in [0, 0.05) is 25.1 Å². The van der Waals surface area contributed by atoms with Crippen molar-refractivity contribution in [1.82, 2.24) is 20.1 Å². The molecule has 0 radical (unpaired) electrons. The summed E-state index contributed by atoms with van der Waals surface area (Å²) in [7, 11) is 0. The summed E-state index contributed by atoms with van der Waals surface area (Å²) < 4.78 is 15.0. The number of hydrogen-bond donors (Lipinski definition) is 1. The molecule has 4 rings (SSSR count). The smallest absolute Gasteiger partial charge is 0.220 e. The first-order valence-electron chi connectivity index (χ1n) is 11.1. The molecule has 1 N–H and O–H groups in total. The van der Waals surface area contributed by atoms with Gasteiger partial charge in [-0.2, -0.15) is 0 Å². The minimum Gasteiger partial charge on any atom is -0.352 e. The second-order valence-electron chi connectivity index (χ2n) is 7.85. The molecule has 0 aliphatic carbocycles. The molecule has 4 aromatic rings. The first-order chi connectivity index (χ1) is 17.0. The van der Waals surface area contributed by atoms with Gasteiger partial charge in [-0.1, -0.05) is 77.4 Å². The number of amides is 1. The Kier molecular flexibility index (Phi) is 8.79. The molecule has 35 heavy (non-hydrogen) atoms. The lowest BCUT2D eigenvalue weighted by molar-refractivity contribution is -0.121. The molecule has 1 aromatic heterocycles. The van der Waals surface area contributed by atoms with E-state index >= 15 is 0 Å². The van der Waals surface area contributed by atoms with Crippen LogP contribution >= 0.6 is 35.0 Å². The average molecular weight is 529 g/mol. The van der Waals surface area contributed by atoms with E-state index < -0.39 is 0 Å². The number of nitrogens with one attached hydrogen (secondary N) is 1. The Balaban J connectivity index is 1.39. The first kappa shape index (κ1) is 25.2. The van der Waals surface area contributed by atoms with Gasteiger partial charge >= 0.3 is 0 Å². The predicted molar refractivity (Wildman–Crippen MR) is 139 cm³/mol. The maximum atomic E-state index is 13.0. The van der Waals surface area contributed by atoms with Gasteiger partial charge in [0.1, 0.15) is 11.6 Å². The highest BCUT2D eigenvalue weighted by molar-refractivity contribution is 7.99. The number of carbonyl (C=O) groups is 1. The largest absolute Gasteiger partial charge is 0.352 e. The number of nitrogens with zero attached hydrogens (tertiary/aromatic N) is 3. The van der Waals surface area contributed by atoms with Gasteiger partial charge < -0.3 is 5.32 Å². The molecular formula is C26H23Cl2FN4OS. The number of benzene rings is 3. The minimum absolute atomic E-state index is 0.0503. The molecular weight excluding hydrogens is 506 g/mol. The van der Waals surface area contributed by atoms with Gasteiger partial charge in [-0.25, -0.2) is 4.39 Å². The van der Waals surface area contributed by atoms with Crippen molar-refractivity contribution in [3.8, 4) is 5.69 Å². The summed E-state index contributed by atoms with van der Waals surface area (Å²) in [6.45, 7) is 0.376. The SMILES string of the molecule is O=C(CCCSc1nnc(Cc2ccccc2)n1-c1ccc(Cl)c(Cl)c1)NCc1ccc(F)cc1. The molecule has 0 saturated heterocycles. The first-order valence-corrected chi connectivity index (χ1v) is 12.8. The zero-order chi connectivity index (χ0) is 24.6. The highest BCUT2D eigenvalue weighted by Gasteiger charge is 2.16. The fraction of sp³-hybridized carbons (Fsp3) is 0.192. The molecule has 0 saturated carbocycles. The fourth-order valence-electron chi connectivity index (χ4n) is 3.46. The van der Waals surface area contributed by atoms with Gasteiger partial charge in [0.2, 0.25) is 5.91 Å². The second kappa shape index (κ2) is 12.2. The van der Waals surface area contributed by atoms with Gasteiger partial charge in [-0.15, -0.1) is 10.2 Å². The van der Waals surface area contributed by atoms with Gasteiger partial charge in [0.15, 0.2) is 5.16 Å². The molecule has 0 unspecified atom stereocenters. The summed E-state index contributed by atoms with van der Waals surface area (Å²) in [6, 6.07) is 21.6. The molecule has 3 aromatic carbocycles. The van der Waals surface area contributed by atoms with Crippen LogP contribution in [0.25, 0.3) is 5.69 Å². The zero-order valence-electron chi connectivity index (χ0n) is 18.8. The van der Waals surface area contributed by atoms with Crippen LogP contribution in [0.4, 0.5) is 4.39 Å². The summed E-state index contributed by atoms with van der Waals surface area (Å²) in [6.07, 6.45) is 1.66. The maximum absolute atomic E-state index is 13.0. The summed E-state index contributed by atoms with van der Waals surface area (Å²) in [5, 5.41) is 13.4. The van der Waals surface area contributed by atoms with Crippen molar-refractivity contribution in [3.63, 3.8) is 0 Å². The highest BCUT2D eigenvalue weighted by Crippen LogP contribution is 2.29. The van der Waals surface area contributed by atoms with E-state index in [-0.39, 0.29) is 11.7 Å². The Morgan fingerprint density at radius 1 is 0.943 bits per heavy atom. The van der Waals surface area contributed by atoms with Crippen LogP contribution in [0.2, 0.25) is 10.0 Å². The van der Waals surface area contributed by atoms with Crippen LogP contribution in [-0.4, -0.2) is 26.4 Å². The van der Waals surface area contributed by atoms with Crippen molar-refractivity contribution in [2.24, 2.45) is 0 Å². The molecule has 0 aliphatic heterocycles. The van der Waals surface area contributed by atoms with Crippen molar-refractivity contribution in [2.45, 2.75) is 31.0 Å². The molecule has 5 nitrogen and oxygen atoms in total. The standard InChI is InChI=1S/C26H23Cl2FN4OS/c27-22-13-12-21(16-23(22)28)33-24(15-18-5-2-1-3-6-18)31-32-26(33)35-14-4-7-25(34)30-17-19-8-10-20(29)11-9-19/h1-3,5-6,8-13,16H,4,7,14-15,17H2,(H,30,34). The lowest BCUT2D eigenvalue weighted by Crippen LogP contribution is -2.22. The lowest BCUT2D eigenvalue weighted by atomic mass is 10.1. The second-order valence-corrected chi connectivity index (χ2v) is 9.73. The molecule has 0 spiro atoms. The summed E-state index contributed by atoms with van der Waals surface area (Å²) in [5.74, 6) is 1.13. The Morgan fingerprint density at radius 3 is 2.46 bits per heavy atom. The molecule has 1 heterocycles. The predicted octanol–water partition coefficient (Wildman–Crippen LogP) is 6.49. The van der Waals surface area contributed by atoms with Crippen molar-refractivity contribution >= 4 is 40.9 Å². The van der Waals surface area contributed by atoms with E-state index in [9.17, 15) is 9.18 Å². The van der Waals surface area contributed by atoms with Gasteiger partial charge in [0.25, 0.3) is 0 Å². The number of thioether (sulfide) groups is 1. The van der Waals surface area contributed by atoms with Gasteiger partial charge in [-0.3, -0.25) is 9.36 Å². The summed E-state index contributed by atoms with van der Waals surface area (Å²) in [5.41, 5.74) is 2.81. The van der Waals surface area contributed by atoms with Gasteiger partial charge in [-0.05, 0) is 47.9 Å². The minimum atomic E-state index is -0.294. The van der Waals surface area contributed by atoms with E-state index in [2.05, 4.69) is 15.5 Å². The molecule has 0 atom stereocenters. The van der Waals surface area contributed by atoms with Crippen molar-refractivity contribution in [3.05, 3.63) is 106 Å². The summed E-state index contributed by atoms with van der Waals surface area (Å²) in [4.78, 5) is 12.2. The van der Waals surface area contributed by atoms with E-state index in [1.165, 1.54) is 23.9 Å². The topological polar surface area (TPSA) is 59.8 Å². The third-order valence-electron chi connectivity index (χ3n) is 5.25. The average Bonchev–Trinajstić information content (AvgIpc) is 3.26. The maximum Gasteiger partial charge on any atom is 0.220 e. The van der Waals surface area contributed by atoms with Crippen molar-refractivity contribution in [2.75, 3.05) is 5.75 Å². The monoisotopic (exact) mass is 528 g/mol. The Hall–Kier alpha value is -2.87. The number of rotatable bonds is 10. The number of halogens is 3. The molecule has 180 valence electrons. The van der Waals surface area contributed by atoms with E-state index in [0.717, 1.165) is 27.8 Å². The lowest BCUT2D eigenvalue weighted by Gasteiger charge is -2.11. The Morgan fingerprint density at radius 2 is 1.71 bits per heavy atom. The van der Waals surface area contributed by atoms with Gasteiger partial charge in [0.05, 0.1) is 15.7 Å². The molecule has 0 fully saturated rings. The number of hydrogen-bond acceptors (Lipinski definition) is 4. The summed E-state index contributed by atoms with van der Waals surface area (Å²) >= 11 is 13.9. The Bertz CT molecular complexity index is 1280. The third-order valence-corrected chi connectivity index (χ3v) is 7.00. The molecule has 9 heteroatoms. The Labute approximate surface area is 217 Å². The highest BCUT2D eigenvalue weighted by atomic mass is 35.5. The van der Waals surface area contributed by atoms with Crippen molar-refractivity contribution < 1.29 is 9.18 Å². The zero-order valence-corrected chi connectivity index (χ0v) is 21.1. The van der Waals surface area contributed by atoms with Crippen LogP contribution in [0, 0.1) is 5.82 Å². The van der Waals surface area contributed by atoms with Crippen LogP contribution in [0.1, 0.15) is 29.8 Å².